The molecular weight excluding hydrogens is 310 g/mol. The number of aliphatic hydroxyl groups is 1. The predicted octanol–water partition coefficient (Wildman–Crippen LogP) is 2.02. The Bertz CT molecular complexity index is 748. The van der Waals surface area contributed by atoms with Gasteiger partial charge in [0.15, 0.2) is 5.96 Å². The van der Waals surface area contributed by atoms with Crippen LogP contribution in [0.4, 0.5) is 0 Å². The summed E-state index contributed by atoms with van der Waals surface area (Å²) in [6.45, 7) is 0.994. The molecule has 4 N–H and O–H groups in total. The zero-order valence-corrected chi connectivity index (χ0v) is 13.6. The van der Waals surface area contributed by atoms with Gasteiger partial charge in [-0.25, -0.2) is 0 Å². The number of nitrogens with zero attached hydrogens (tertiary/aromatic N) is 2. The molecule has 0 aliphatic rings. The first-order chi connectivity index (χ1) is 11.3. The molecule has 1 atom stereocenters. The van der Waals surface area contributed by atoms with Gasteiger partial charge in [0, 0.05) is 29.4 Å². The average molecular weight is 329 g/mol. The molecule has 120 valence electrons. The highest BCUT2D eigenvalue weighted by Gasteiger charge is 2.12. The zero-order valence-electron chi connectivity index (χ0n) is 12.8. The minimum Gasteiger partial charge on any atom is -0.386 e. The number of thiophene rings is 1. The van der Waals surface area contributed by atoms with Gasteiger partial charge in [-0.3, -0.25) is 10.1 Å². The average Bonchev–Trinajstić information content (AvgIpc) is 3.23. The second kappa shape index (κ2) is 7.26. The smallest absolute Gasteiger partial charge is 0.191 e. The van der Waals surface area contributed by atoms with Gasteiger partial charge < -0.3 is 15.7 Å². The van der Waals surface area contributed by atoms with Crippen LogP contribution in [-0.4, -0.2) is 34.9 Å². The molecule has 3 aromatic rings. The van der Waals surface area contributed by atoms with Crippen LogP contribution < -0.4 is 10.6 Å². The summed E-state index contributed by atoms with van der Waals surface area (Å²) in [5, 5.41) is 24.6. The fraction of sp³-hybridized carbons (Fsp3) is 0.250. The van der Waals surface area contributed by atoms with Crippen LogP contribution in [0, 0.1) is 0 Å². The van der Waals surface area contributed by atoms with Crippen molar-refractivity contribution >= 4 is 27.4 Å². The largest absolute Gasteiger partial charge is 0.386 e. The SMILES string of the molecule is CN=C(NCc1ccn[nH]1)NCC(O)c1cc2ccccc2s1. The highest BCUT2D eigenvalue weighted by atomic mass is 32.1. The van der Waals surface area contributed by atoms with Gasteiger partial charge in [0.05, 0.1) is 12.2 Å². The van der Waals surface area contributed by atoms with Gasteiger partial charge in [0.25, 0.3) is 0 Å². The van der Waals surface area contributed by atoms with Crippen LogP contribution in [-0.2, 0) is 6.54 Å². The summed E-state index contributed by atoms with van der Waals surface area (Å²) < 4.78 is 1.18. The maximum Gasteiger partial charge on any atom is 0.191 e. The molecule has 0 fully saturated rings. The zero-order chi connectivity index (χ0) is 16.1. The van der Waals surface area contributed by atoms with Crippen LogP contribution in [0.15, 0.2) is 47.6 Å². The second-order valence-corrected chi connectivity index (χ2v) is 6.21. The van der Waals surface area contributed by atoms with Crippen molar-refractivity contribution in [1.82, 2.24) is 20.8 Å². The Hall–Kier alpha value is -2.38. The number of fused-ring (bicyclic) bond motifs is 1. The van der Waals surface area contributed by atoms with Crippen LogP contribution >= 0.6 is 11.3 Å². The maximum absolute atomic E-state index is 10.4. The van der Waals surface area contributed by atoms with E-state index in [0.717, 1.165) is 16.0 Å². The summed E-state index contributed by atoms with van der Waals surface area (Å²) in [5.41, 5.74) is 0.970. The lowest BCUT2D eigenvalue weighted by Gasteiger charge is -2.14. The van der Waals surface area contributed by atoms with Gasteiger partial charge in [0.2, 0.25) is 0 Å². The first kappa shape index (κ1) is 15.5. The van der Waals surface area contributed by atoms with E-state index >= 15 is 0 Å². The normalized spacial score (nSPS) is 13.2. The van der Waals surface area contributed by atoms with Gasteiger partial charge in [-0.15, -0.1) is 11.3 Å². The summed E-state index contributed by atoms with van der Waals surface area (Å²) in [6, 6.07) is 12.1. The summed E-state index contributed by atoms with van der Waals surface area (Å²) in [7, 11) is 1.70. The van der Waals surface area contributed by atoms with Crippen molar-refractivity contribution in [2.45, 2.75) is 12.6 Å². The van der Waals surface area contributed by atoms with Gasteiger partial charge >= 0.3 is 0 Å². The molecule has 0 amide bonds. The van der Waals surface area contributed by atoms with E-state index in [9.17, 15) is 5.11 Å². The molecule has 1 aromatic carbocycles. The molecule has 0 saturated carbocycles. The molecular formula is C16H19N5OS. The number of benzene rings is 1. The van der Waals surface area contributed by atoms with Crippen molar-refractivity contribution in [3.8, 4) is 0 Å². The minimum atomic E-state index is -0.571. The van der Waals surface area contributed by atoms with E-state index < -0.39 is 6.10 Å². The Morgan fingerprint density at radius 1 is 1.35 bits per heavy atom. The van der Waals surface area contributed by atoms with Gasteiger partial charge in [0.1, 0.15) is 6.10 Å². The standard InChI is InChI=1S/C16H19N5OS/c1-17-16(18-9-12-6-7-20-21-12)19-10-13(22)15-8-11-4-2-3-5-14(11)23-15/h2-8,13,22H,9-10H2,1H3,(H,20,21)(H2,17,18,19). The number of guanidine groups is 1. The molecule has 1 unspecified atom stereocenters. The highest BCUT2D eigenvalue weighted by Crippen LogP contribution is 2.29. The number of rotatable bonds is 5. The first-order valence-corrected chi connectivity index (χ1v) is 8.17. The molecule has 0 aliphatic carbocycles. The number of aliphatic imine (C=N–C) groups is 1. The van der Waals surface area contributed by atoms with Gasteiger partial charge in [-0.2, -0.15) is 5.10 Å². The Kier molecular flexibility index (Phi) is 4.89. The van der Waals surface area contributed by atoms with Crippen molar-refractivity contribution in [3.63, 3.8) is 0 Å². The van der Waals surface area contributed by atoms with Crippen LogP contribution in [0.1, 0.15) is 16.7 Å². The topological polar surface area (TPSA) is 85.3 Å². The molecule has 0 saturated heterocycles. The molecule has 7 heteroatoms. The summed E-state index contributed by atoms with van der Waals surface area (Å²) >= 11 is 1.61. The molecule has 0 radical (unpaired) electrons. The molecule has 6 nitrogen and oxygen atoms in total. The van der Waals surface area contributed by atoms with E-state index in [1.807, 2.05) is 24.3 Å². The monoisotopic (exact) mass is 329 g/mol. The van der Waals surface area contributed by atoms with Crippen LogP contribution in [0.25, 0.3) is 10.1 Å². The van der Waals surface area contributed by atoms with Crippen molar-refractivity contribution in [1.29, 1.82) is 0 Å². The fourth-order valence-electron chi connectivity index (χ4n) is 2.24. The van der Waals surface area contributed by atoms with Crippen LogP contribution in [0.5, 0.6) is 0 Å². The summed E-state index contributed by atoms with van der Waals surface area (Å²) in [6.07, 6.45) is 1.14. The molecule has 0 bridgehead atoms. The van der Waals surface area contributed by atoms with E-state index in [0.29, 0.717) is 19.0 Å². The van der Waals surface area contributed by atoms with Crippen molar-refractivity contribution in [2.24, 2.45) is 4.99 Å². The van der Waals surface area contributed by atoms with E-state index in [1.165, 1.54) is 4.70 Å². The molecule has 0 spiro atoms. The molecule has 3 rings (SSSR count). The third-order valence-electron chi connectivity index (χ3n) is 3.46. The van der Waals surface area contributed by atoms with Crippen molar-refractivity contribution < 1.29 is 5.11 Å². The van der Waals surface area contributed by atoms with Crippen molar-refractivity contribution in [3.05, 3.63) is 53.2 Å². The minimum absolute atomic E-state index is 0.398. The molecule has 0 aliphatic heterocycles. The third kappa shape index (κ3) is 3.88. The molecule has 2 aromatic heterocycles. The predicted molar refractivity (Wildman–Crippen MR) is 93.6 cm³/mol. The number of nitrogens with one attached hydrogen (secondary N) is 3. The Balaban J connectivity index is 1.55. The molecule has 2 heterocycles. The summed E-state index contributed by atoms with van der Waals surface area (Å²) in [4.78, 5) is 5.10. The quantitative estimate of drug-likeness (QED) is 0.426. The molecule has 23 heavy (non-hydrogen) atoms. The number of aromatic amines is 1. The van der Waals surface area contributed by atoms with Crippen LogP contribution in [0.3, 0.4) is 0 Å². The first-order valence-electron chi connectivity index (χ1n) is 7.35. The number of H-pyrrole nitrogens is 1. The van der Waals surface area contributed by atoms with E-state index in [1.54, 1.807) is 24.6 Å². The fourth-order valence-corrected chi connectivity index (χ4v) is 3.29. The number of aliphatic hydroxyl groups excluding tert-OH is 1. The Morgan fingerprint density at radius 2 is 2.22 bits per heavy atom. The Morgan fingerprint density at radius 3 is 2.96 bits per heavy atom. The van der Waals surface area contributed by atoms with Gasteiger partial charge in [-0.05, 0) is 23.6 Å². The van der Waals surface area contributed by atoms with E-state index in [-0.39, 0.29) is 0 Å². The van der Waals surface area contributed by atoms with E-state index in [4.69, 9.17) is 0 Å². The van der Waals surface area contributed by atoms with Gasteiger partial charge in [-0.1, -0.05) is 18.2 Å². The number of aromatic nitrogens is 2. The second-order valence-electron chi connectivity index (χ2n) is 5.09. The van der Waals surface area contributed by atoms with Crippen LogP contribution in [0.2, 0.25) is 0 Å². The third-order valence-corrected chi connectivity index (χ3v) is 4.68. The maximum atomic E-state index is 10.4. The number of hydrogen-bond acceptors (Lipinski definition) is 4. The highest BCUT2D eigenvalue weighted by molar-refractivity contribution is 7.19. The Labute approximate surface area is 138 Å². The van der Waals surface area contributed by atoms with Crippen molar-refractivity contribution in [2.75, 3.05) is 13.6 Å². The lowest BCUT2D eigenvalue weighted by molar-refractivity contribution is 0.184. The lowest BCUT2D eigenvalue weighted by Crippen LogP contribution is -2.38. The summed E-state index contributed by atoms with van der Waals surface area (Å²) in [5.74, 6) is 0.639. The lowest BCUT2D eigenvalue weighted by atomic mass is 10.2. The number of hydrogen-bond donors (Lipinski definition) is 4. The van der Waals surface area contributed by atoms with E-state index in [2.05, 4.69) is 38.0 Å².